The monoisotopic (exact) mass is 306 g/mol. The third kappa shape index (κ3) is 3.76. The summed E-state index contributed by atoms with van der Waals surface area (Å²) in [5.74, 6) is -0.622. The smallest absolute Gasteiger partial charge is 0.292 e. The molecular weight excluding hydrogens is 292 g/mol. The third-order valence-corrected chi connectivity index (χ3v) is 3.66. The minimum Gasteiger partial charge on any atom is -0.379 e. The molecule has 0 unspecified atom stereocenters. The molecule has 21 heavy (non-hydrogen) atoms. The van der Waals surface area contributed by atoms with Crippen LogP contribution in [0, 0.1) is 17.0 Å². The fourth-order valence-electron chi connectivity index (χ4n) is 1.84. The van der Waals surface area contributed by atoms with Crippen molar-refractivity contribution < 1.29 is 9.72 Å². The van der Waals surface area contributed by atoms with Crippen molar-refractivity contribution >= 4 is 28.6 Å². The molecule has 8 heteroatoms. The van der Waals surface area contributed by atoms with Crippen molar-refractivity contribution in [3.05, 3.63) is 50.0 Å². The van der Waals surface area contributed by atoms with Gasteiger partial charge in [0.1, 0.15) is 5.69 Å². The van der Waals surface area contributed by atoms with Crippen LogP contribution >= 0.6 is 11.3 Å². The Hall–Kier alpha value is -2.48. The van der Waals surface area contributed by atoms with E-state index in [1.54, 1.807) is 11.3 Å². The van der Waals surface area contributed by atoms with E-state index in [2.05, 4.69) is 10.3 Å². The second-order valence-electron chi connectivity index (χ2n) is 4.39. The summed E-state index contributed by atoms with van der Waals surface area (Å²) in [6, 6.07) is 4.01. The molecule has 0 aliphatic rings. The summed E-state index contributed by atoms with van der Waals surface area (Å²) in [5.41, 5.74) is 6.54. The van der Waals surface area contributed by atoms with Crippen LogP contribution < -0.4 is 11.1 Å². The Labute approximate surface area is 125 Å². The minimum absolute atomic E-state index is 0.0885. The number of hydrogen-bond acceptors (Lipinski definition) is 6. The zero-order chi connectivity index (χ0) is 15.4. The number of amides is 1. The average Bonchev–Trinajstić information content (AvgIpc) is 2.84. The molecule has 7 nitrogen and oxygen atoms in total. The van der Waals surface area contributed by atoms with E-state index in [0.717, 1.165) is 10.7 Å². The molecule has 2 rings (SSSR count). The highest BCUT2D eigenvalue weighted by Gasteiger charge is 2.15. The van der Waals surface area contributed by atoms with E-state index in [0.29, 0.717) is 13.0 Å². The van der Waals surface area contributed by atoms with Crippen molar-refractivity contribution in [2.45, 2.75) is 13.3 Å². The van der Waals surface area contributed by atoms with Gasteiger partial charge in [0.25, 0.3) is 5.69 Å². The average molecular weight is 306 g/mol. The summed E-state index contributed by atoms with van der Waals surface area (Å²) in [5, 5.41) is 16.9. The molecule has 1 aromatic heterocycles. The van der Waals surface area contributed by atoms with E-state index in [4.69, 9.17) is 5.73 Å². The minimum atomic E-state index is -0.622. The standard InChI is InChI=1S/C13H14N4O3S/c1-8-16-10(7-21-8)4-5-15-11-6-9(13(14)18)2-3-12(11)17(19)20/h2-3,6-7,15H,4-5H2,1H3,(H2,14,18). The Bertz CT molecular complexity index is 684. The number of carbonyl (C=O) groups excluding carboxylic acids is 1. The summed E-state index contributed by atoms with van der Waals surface area (Å²) < 4.78 is 0. The highest BCUT2D eigenvalue weighted by Crippen LogP contribution is 2.25. The fourth-order valence-corrected chi connectivity index (χ4v) is 2.49. The molecule has 2 aromatic rings. The number of nitro groups is 1. The summed E-state index contributed by atoms with van der Waals surface area (Å²) in [4.78, 5) is 25.9. The van der Waals surface area contributed by atoms with Gasteiger partial charge >= 0.3 is 0 Å². The Morgan fingerprint density at radius 1 is 1.52 bits per heavy atom. The number of nitrogens with one attached hydrogen (secondary N) is 1. The van der Waals surface area contributed by atoms with Gasteiger partial charge in [-0.25, -0.2) is 4.98 Å². The maximum absolute atomic E-state index is 11.1. The molecule has 0 radical (unpaired) electrons. The highest BCUT2D eigenvalue weighted by molar-refractivity contribution is 7.09. The molecule has 0 aliphatic heterocycles. The number of hydrogen-bond donors (Lipinski definition) is 2. The molecule has 110 valence electrons. The van der Waals surface area contributed by atoms with Crippen LogP contribution in [0.3, 0.4) is 0 Å². The van der Waals surface area contributed by atoms with Crippen molar-refractivity contribution in [3.63, 3.8) is 0 Å². The van der Waals surface area contributed by atoms with E-state index in [1.165, 1.54) is 18.2 Å². The zero-order valence-electron chi connectivity index (χ0n) is 11.3. The Morgan fingerprint density at radius 2 is 2.29 bits per heavy atom. The van der Waals surface area contributed by atoms with E-state index in [-0.39, 0.29) is 16.9 Å². The molecule has 1 heterocycles. The second-order valence-corrected chi connectivity index (χ2v) is 5.45. The number of primary amides is 1. The van der Waals surface area contributed by atoms with E-state index in [9.17, 15) is 14.9 Å². The first-order chi connectivity index (χ1) is 9.97. The molecule has 0 bridgehead atoms. The Morgan fingerprint density at radius 3 is 2.86 bits per heavy atom. The first kappa shape index (κ1) is 14.9. The largest absolute Gasteiger partial charge is 0.379 e. The van der Waals surface area contributed by atoms with E-state index < -0.39 is 10.8 Å². The normalized spacial score (nSPS) is 10.3. The van der Waals surface area contributed by atoms with Gasteiger partial charge < -0.3 is 11.1 Å². The second kappa shape index (κ2) is 6.31. The number of carbonyl (C=O) groups is 1. The molecular formula is C13H14N4O3S. The van der Waals surface area contributed by atoms with Crippen molar-refractivity contribution in [1.29, 1.82) is 0 Å². The number of nitrogens with two attached hydrogens (primary N) is 1. The van der Waals surface area contributed by atoms with Gasteiger partial charge in [0, 0.05) is 30.0 Å². The lowest BCUT2D eigenvalue weighted by atomic mass is 10.1. The fraction of sp³-hybridized carbons (Fsp3) is 0.231. The molecule has 1 aromatic carbocycles. The summed E-state index contributed by atoms with van der Waals surface area (Å²) >= 11 is 1.56. The van der Waals surface area contributed by atoms with Crippen LogP contribution in [0.25, 0.3) is 0 Å². The maximum Gasteiger partial charge on any atom is 0.292 e. The lowest BCUT2D eigenvalue weighted by Crippen LogP contribution is -2.13. The van der Waals surface area contributed by atoms with Crippen molar-refractivity contribution in [1.82, 2.24) is 4.98 Å². The lowest BCUT2D eigenvalue weighted by Gasteiger charge is -2.07. The van der Waals surface area contributed by atoms with Gasteiger partial charge in [0.2, 0.25) is 5.91 Å². The van der Waals surface area contributed by atoms with Gasteiger partial charge in [-0.3, -0.25) is 14.9 Å². The number of nitrogens with zero attached hydrogens (tertiary/aromatic N) is 2. The number of thiazole rings is 1. The van der Waals surface area contributed by atoms with Crippen LogP contribution in [0.2, 0.25) is 0 Å². The molecule has 0 fully saturated rings. The number of aromatic nitrogens is 1. The van der Waals surface area contributed by atoms with Gasteiger partial charge in [-0.15, -0.1) is 11.3 Å². The molecule has 1 amide bonds. The molecule has 0 spiro atoms. The number of benzene rings is 1. The molecule has 3 N–H and O–H groups in total. The first-order valence-electron chi connectivity index (χ1n) is 6.20. The Balaban J connectivity index is 2.11. The first-order valence-corrected chi connectivity index (χ1v) is 7.08. The van der Waals surface area contributed by atoms with Gasteiger partial charge in [0.15, 0.2) is 0 Å². The summed E-state index contributed by atoms with van der Waals surface area (Å²) in [6.45, 7) is 2.40. The lowest BCUT2D eigenvalue weighted by molar-refractivity contribution is -0.384. The van der Waals surface area contributed by atoms with E-state index >= 15 is 0 Å². The van der Waals surface area contributed by atoms with Crippen LogP contribution in [0.5, 0.6) is 0 Å². The van der Waals surface area contributed by atoms with Crippen LogP contribution in [0.1, 0.15) is 21.1 Å². The SMILES string of the molecule is Cc1nc(CCNc2cc(C(N)=O)ccc2[N+](=O)[O-])cs1. The van der Waals surface area contributed by atoms with Gasteiger partial charge in [-0.2, -0.15) is 0 Å². The van der Waals surface area contributed by atoms with Crippen LogP contribution in [-0.4, -0.2) is 22.4 Å². The van der Waals surface area contributed by atoms with Crippen molar-refractivity contribution in [2.75, 3.05) is 11.9 Å². The maximum atomic E-state index is 11.1. The molecule has 0 atom stereocenters. The zero-order valence-corrected chi connectivity index (χ0v) is 12.1. The van der Waals surface area contributed by atoms with Gasteiger partial charge in [-0.1, -0.05) is 0 Å². The predicted octanol–water partition coefficient (Wildman–Crippen LogP) is 2.11. The van der Waals surface area contributed by atoms with Crippen LogP contribution in [-0.2, 0) is 6.42 Å². The number of anilines is 1. The van der Waals surface area contributed by atoms with Gasteiger partial charge in [-0.05, 0) is 19.1 Å². The molecule has 0 saturated heterocycles. The van der Waals surface area contributed by atoms with Crippen molar-refractivity contribution in [2.24, 2.45) is 5.73 Å². The summed E-state index contributed by atoms with van der Waals surface area (Å²) in [6.07, 6.45) is 0.641. The molecule has 0 aliphatic carbocycles. The highest BCUT2D eigenvalue weighted by atomic mass is 32.1. The van der Waals surface area contributed by atoms with Crippen LogP contribution in [0.4, 0.5) is 11.4 Å². The van der Waals surface area contributed by atoms with E-state index in [1.807, 2.05) is 12.3 Å². The molecule has 0 saturated carbocycles. The number of rotatable bonds is 6. The summed E-state index contributed by atoms with van der Waals surface area (Å²) in [7, 11) is 0. The number of aryl methyl sites for hydroxylation is 1. The Kier molecular flexibility index (Phi) is 4.49. The van der Waals surface area contributed by atoms with Crippen LogP contribution in [0.15, 0.2) is 23.6 Å². The quantitative estimate of drug-likeness (QED) is 0.627. The number of nitro benzene ring substituents is 1. The third-order valence-electron chi connectivity index (χ3n) is 2.84. The van der Waals surface area contributed by atoms with Gasteiger partial charge in [0.05, 0.1) is 15.6 Å². The topological polar surface area (TPSA) is 111 Å². The van der Waals surface area contributed by atoms with Crippen molar-refractivity contribution in [3.8, 4) is 0 Å². The predicted molar refractivity (Wildman–Crippen MR) is 80.7 cm³/mol.